The molecule has 0 aliphatic carbocycles. The van der Waals surface area contributed by atoms with Gasteiger partial charge in [0.1, 0.15) is 11.0 Å². The van der Waals surface area contributed by atoms with E-state index in [1.54, 1.807) is 18.0 Å². The van der Waals surface area contributed by atoms with E-state index in [4.69, 9.17) is 5.11 Å². The summed E-state index contributed by atoms with van der Waals surface area (Å²) in [5.41, 5.74) is 1.03. The fourth-order valence-corrected chi connectivity index (χ4v) is 3.50. The van der Waals surface area contributed by atoms with E-state index in [0.29, 0.717) is 12.2 Å². The average Bonchev–Trinajstić information content (AvgIpc) is 3.06. The molecule has 0 radical (unpaired) electrons. The summed E-state index contributed by atoms with van der Waals surface area (Å²) in [6, 6.07) is 9.65. The predicted octanol–water partition coefficient (Wildman–Crippen LogP) is 2.85. The van der Waals surface area contributed by atoms with Gasteiger partial charge < -0.3 is 10.4 Å². The van der Waals surface area contributed by atoms with Gasteiger partial charge >= 0.3 is 0 Å². The van der Waals surface area contributed by atoms with E-state index in [1.165, 1.54) is 11.3 Å². The number of benzene rings is 1. The first-order valence-electron chi connectivity index (χ1n) is 7.17. The molecule has 1 heterocycles. The zero-order chi connectivity index (χ0) is 15.8. The van der Waals surface area contributed by atoms with Crippen molar-refractivity contribution in [3.8, 4) is 0 Å². The Morgan fingerprint density at radius 1 is 1.41 bits per heavy atom. The van der Waals surface area contributed by atoms with Crippen LogP contribution in [-0.4, -0.2) is 33.6 Å². The second-order valence-corrected chi connectivity index (χ2v) is 7.27. The quantitative estimate of drug-likeness (QED) is 0.778. The van der Waals surface area contributed by atoms with Crippen LogP contribution in [0.3, 0.4) is 0 Å². The largest absolute Gasteiger partial charge is 0.396 e. The first-order valence-corrected chi connectivity index (χ1v) is 9.09. The van der Waals surface area contributed by atoms with Gasteiger partial charge in [-0.15, -0.1) is 23.1 Å². The van der Waals surface area contributed by atoms with Gasteiger partial charge in [-0.05, 0) is 12.0 Å². The molecule has 4 nitrogen and oxygen atoms in total. The average molecular weight is 336 g/mol. The van der Waals surface area contributed by atoms with Gasteiger partial charge in [-0.1, -0.05) is 37.3 Å². The Labute approximate surface area is 139 Å². The Morgan fingerprint density at radius 3 is 2.82 bits per heavy atom. The molecule has 1 amide bonds. The van der Waals surface area contributed by atoms with Crippen LogP contribution in [0.1, 0.15) is 30.0 Å². The minimum absolute atomic E-state index is 0.0150. The lowest BCUT2D eigenvalue weighted by Crippen LogP contribution is -2.31. The third kappa shape index (κ3) is 5.12. The van der Waals surface area contributed by atoms with Crippen LogP contribution in [0, 0.1) is 0 Å². The first kappa shape index (κ1) is 17.0. The van der Waals surface area contributed by atoms with Crippen molar-refractivity contribution in [1.29, 1.82) is 0 Å². The van der Waals surface area contributed by atoms with Gasteiger partial charge in [-0.3, -0.25) is 4.79 Å². The van der Waals surface area contributed by atoms with Gasteiger partial charge in [0.2, 0.25) is 5.91 Å². The van der Waals surface area contributed by atoms with Crippen LogP contribution in [0.25, 0.3) is 0 Å². The third-order valence-electron chi connectivity index (χ3n) is 3.17. The molecule has 2 atom stereocenters. The zero-order valence-electron chi connectivity index (χ0n) is 12.4. The van der Waals surface area contributed by atoms with Crippen molar-refractivity contribution in [2.24, 2.45) is 0 Å². The number of aromatic nitrogens is 1. The summed E-state index contributed by atoms with van der Waals surface area (Å²) in [6.07, 6.45) is 2.45. The molecule has 0 fully saturated rings. The summed E-state index contributed by atoms with van der Waals surface area (Å²) in [7, 11) is 0. The third-order valence-corrected chi connectivity index (χ3v) is 5.25. The molecular weight excluding hydrogens is 316 g/mol. The van der Waals surface area contributed by atoms with Gasteiger partial charge in [-0.2, -0.15) is 0 Å². The van der Waals surface area contributed by atoms with Crippen molar-refractivity contribution in [1.82, 2.24) is 10.3 Å². The number of nitrogens with one attached hydrogen (secondary N) is 1. The van der Waals surface area contributed by atoms with Gasteiger partial charge in [0, 0.05) is 23.4 Å². The molecule has 2 N–H and O–H groups in total. The predicted molar refractivity (Wildman–Crippen MR) is 92.2 cm³/mol. The summed E-state index contributed by atoms with van der Waals surface area (Å²) < 4.78 is 0. The van der Waals surface area contributed by atoms with Gasteiger partial charge in [0.15, 0.2) is 0 Å². The molecule has 1 aromatic heterocycles. The van der Waals surface area contributed by atoms with E-state index in [2.05, 4.69) is 10.3 Å². The SMILES string of the molecule is C[C@@H](CCO)SCC(=O)N[C@@H](c1ccccc1)c1nccs1. The number of rotatable bonds is 8. The molecule has 22 heavy (non-hydrogen) atoms. The molecule has 0 spiro atoms. The topological polar surface area (TPSA) is 62.2 Å². The van der Waals surface area contributed by atoms with Gasteiger partial charge in [0.25, 0.3) is 0 Å². The zero-order valence-corrected chi connectivity index (χ0v) is 14.1. The van der Waals surface area contributed by atoms with Crippen molar-refractivity contribution in [3.05, 3.63) is 52.5 Å². The fourth-order valence-electron chi connectivity index (χ4n) is 2.00. The number of thioether (sulfide) groups is 1. The maximum atomic E-state index is 12.2. The normalized spacial score (nSPS) is 13.5. The van der Waals surface area contributed by atoms with Crippen molar-refractivity contribution in [2.45, 2.75) is 24.6 Å². The smallest absolute Gasteiger partial charge is 0.230 e. The molecule has 6 heteroatoms. The Kier molecular flexibility index (Phi) is 6.89. The number of hydrogen-bond donors (Lipinski definition) is 2. The number of aliphatic hydroxyl groups is 1. The van der Waals surface area contributed by atoms with Gasteiger partial charge in [0.05, 0.1) is 5.75 Å². The highest BCUT2D eigenvalue weighted by atomic mass is 32.2. The van der Waals surface area contributed by atoms with Crippen LogP contribution < -0.4 is 5.32 Å². The van der Waals surface area contributed by atoms with Crippen LogP contribution in [0.5, 0.6) is 0 Å². The number of thiazole rings is 1. The molecule has 0 aliphatic heterocycles. The monoisotopic (exact) mass is 336 g/mol. The highest BCUT2D eigenvalue weighted by Gasteiger charge is 2.19. The van der Waals surface area contributed by atoms with Crippen LogP contribution in [0.2, 0.25) is 0 Å². The maximum Gasteiger partial charge on any atom is 0.230 e. The summed E-state index contributed by atoms with van der Waals surface area (Å²) in [4.78, 5) is 16.5. The number of nitrogens with zero attached hydrogens (tertiary/aromatic N) is 1. The van der Waals surface area contributed by atoms with Crippen molar-refractivity contribution < 1.29 is 9.90 Å². The van der Waals surface area contributed by atoms with Gasteiger partial charge in [-0.25, -0.2) is 4.98 Å². The van der Waals surface area contributed by atoms with Crippen molar-refractivity contribution in [2.75, 3.05) is 12.4 Å². The second-order valence-electron chi connectivity index (χ2n) is 4.92. The van der Waals surface area contributed by atoms with Crippen LogP contribution >= 0.6 is 23.1 Å². The summed E-state index contributed by atoms with van der Waals surface area (Å²) in [5.74, 6) is 0.370. The lowest BCUT2D eigenvalue weighted by atomic mass is 10.1. The molecule has 1 aromatic carbocycles. The lowest BCUT2D eigenvalue weighted by molar-refractivity contribution is -0.119. The number of hydrogen-bond acceptors (Lipinski definition) is 5. The lowest BCUT2D eigenvalue weighted by Gasteiger charge is -2.17. The molecular formula is C16H20N2O2S2. The van der Waals surface area contributed by atoms with E-state index in [9.17, 15) is 4.79 Å². The standard InChI is InChI=1S/C16H20N2O2S2/c1-12(7-9-19)22-11-14(20)18-15(16-17-8-10-21-16)13-5-3-2-4-6-13/h2-6,8,10,12,15,19H,7,9,11H2,1H3,(H,18,20)/t12-,15-/m0/s1. The van der Waals surface area contributed by atoms with E-state index < -0.39 is 0 Å². The highest BCUT2D eigenvalue weighted by Crippen LogP contribution is 2.24. The molecule has 118 valence electrons. The molecule has 0 aliphatic rings. The minimum Gasteiger partial charge on any atom is -0.396 e. The number of aliphatic hydroxyl groups excluding tert-OH is 1. The Hall–Kier alpha value is -1.37. The van der Waals surface area contributed by atoms with Crippen LogP contribution in [0.15, 0.2) is 41.9 Å². The Bertz CT molecular complexity index is 561. The van der Waals surface area contributed by atoms with Crippen molar-refractivity contribution in [3.63, 3.8) is 0 Å². The summed E-state index contributed by atoms with van der Waals surface area (Å²) in [5, 5.41) is 15.0. The van der Waals surface area contributed by atoms with Crippen LogP contribution in [0.4, 0.5) is 0 Å². The highest BCUT2D eigenvalue weighted by molar-refractivity contribution is 8.00. The molecule has 2 aromatic rings. The summed E-state index contributed by atoms with van der Waals surface area (Å²) in [6.45, 7) is 2.17. The molecule has 0 saturated carbocycles. The number of amides is 1. The Morgan fingerprint density at radius 2 is 2.18 bits per heavy atom. The fraction of sp³-hybridized carbons (Fsp3) is 0.375. The van der Waals surface area contributed by atoms with E-state index in [1.807, 2.05) is 42.6 Å². The maximum absolute atomic E-state index is 12.2. The number of carbonyl (C=O) groups excluding carboxylic acids is 1. The molecule has 0 bridgehead atoms. The van der Waals surface area contributed by atoms with Crippen LogP contribution in [-0.2, 0) is 4.79 Å². The van der Waals surface area contributed by atoms with Crippen molar-refractivity contribution >= 4 is 29.0 Å². The molecule has 2 rings (SSSR count). The van der Waals surface area contributed by atoms with E-state index in [0.717, 1.165) is 10.6 Å². The van der Waals surface area contributed by atoms with E-state index >= 15 is 0 Å². The first-order chi connectivity index (χ1) is 10.7. The molecule has 0 unspecified atom stereocenters. The second kappa shape index (κ2) is 8.92. The molecule has 0 saturated heterocycles. The Balaban J connectivity index is 2.00. The minimum atomic E-state index is -0.206. The number of carbonyl (C=O) groups is 1. The van der Waals surface area contributed by atoms with E-state index in [-0.39, 0.29) is 23.8 Å². The summed E-state index contributed by atoms with van der Waals surface area (Å²) >= 11 is 3.09.